The van der Waals surface area contributed by atoms with Gasteiger partial charge in [0.2, 0.25) is 0 Å². The molecule has 7 heteroatoms. The number of aromatic nitrogens is 1. The van der Waals surface area contributed by atoms with Crippen LogP contribution in [-0.4, -0.2) is 80.0 Å². The van der Waals surface area contributed by atoms with E-state index in [1.165, 1.54) is 7.11 Å². The molecule has 0 bridgehead atoms. The number of carbonyl (C=O) groups excluding carboxylic acids is 2. The van der Waals surface area contributed by atoms with Crippen molar-refractivity contribution < 1.29 is 19.1 Å². The third-order valence-electron chi connectivity index (χ3n) is 4.60. The minimum absolute atomic E-state index is 0.0842. The van der Waals surface area contributed by atoms with Gasteiger partial charge in [-0.05, 0) is 18.2 Å². The van der Waals surface area contributed by atoms with Crippen LogP contribution in [0.3, 0.4) is 0 Å². The molecule has 2 aromatic rings. The maximum Gasteiger partial charge on any atom is 0.319 e. The van der Waals surface area contributed by atoms with Crippen molar-refractivity contribution in [2.24, 2.45) is 0 Å². The molecule has 0 atom stereocenters. The summed E-state index contributed by atoms with van der Waals surface area (Å²) in [6.45, 7) is 3.70. The zero-order valence-corrected chi connectivity index (χ0v) is 14.6. The smallest absolute Gasteiger partial charge is 0.319 e. The summed E-state index contributed by atoms with van der Waals surface area (Å²) in [5.41, 5.74) is 1.61. The van der Waals surface area contributed by atoms with Crippen LogP contribution in [0.2, 0.25) is 0 Å². The van der Waals surface area contributed by atoms with Crippen LogP contribution in [0.5, 0.6) is 5.75 Å². The zero-order valence-electron chi connectivity index (χ0n) is 14.6. The molecule has 1 aromatic carbocycles. The Morgan fingerprint density at radius 3 is 2.40 bits per heavy atom. The number of nitrogens with zero attached hydrogens (tertiary/aromatic N) is 2. The highest BCUT2D eigenvalue weighted by Crippen LogP contribution is 2.24. The van der Waals surface area contributed by atoms with Crippen LogP contribution in [0.15, 0.2) is 24.4 Å². The van der Waals surface area contributed by atoms with Gasteiger partial charge in [0.05, 0.1) is 27.3 Å². The highest BCUT2D eigenvalue weighted by Gasteiger charge is 2.22. The van der Waals surface area contributed by atoms with Crippen LogP contribution >= 0.6 is 0 Å². The first-order valence-corrected chi connectivity index (χ1v) is 8.30. The summed E-state index contributed by atoms with van der Waals surface area (Å²) in [4.78, 5) is 31.3. The van der Waals surface area contributed by atoms with Crippen LogP contribution in [0.25, 0.3) is 10.9 Å². The number of rotatable bonds is 6. The fraction of sp³-hybridized carbons (Fsp3) is 0.444. The topological polar surface area (TPSA) is 74.9 Å². The molecule has 0 amide bonds. The lowest BCUT2D eigenvalue weighted by molar-refractivity contribution is -0.142. The Balaban J connectivity index is 1.61. The standard InChI is InChI=1S/C18H23N3O4/c1-24-13-3-4-16-14(9-13)15(10-19-16)17(22)11-20-5-7-21(8-6-20)12-18(23)25-2/h3-4,9-10,19H,5-8,11-12H2,1-2H3. The molecular formula is C18H23N3O4. The Bertz CT molecular complexity index is 763. The summed E-state index contributed by atoms with van der Waals surface area (Å²) in [5.74, 6) is 0.593. The average Bonchev–Trinajstić information content (AvgIpc) is 3.06. The van der Waals surface area contributed by atoms with Crippen molar-refractivity contribution in [3.8, 4) is 5.75 Å². The number of nitrogens with one attached hydrogen (secondary N) is 1. The number of esters is 1. The molecule has 1 aliphatic heterocycles. The van der Waals surface area contributed by atoms with Crippen LogP contribution in [-0.2, 0) is 9.53 Å². The monoisotopic (exact) mass is 345 g/mol. The Hall–Kier alpha value is -2.38. The summed E-state index contributed by atoms with van der Waals surface area (Å²) in [7, 11) is 3.01. The van der Waals surface area contributed by atoms with Gasteiger partial charge >= 0.3 is 5.97 Å². The molecule has 0 radical (unpaired) electrons. The molecule has 134 valence electrons. The first kappa shape index (κ1) is 17.4. The Labute approximate surface area is 146 Å². The molecule has 1 aromatic heterocycles. The number of hydrogen-bond acceptors (Lipinski definition) is 6. The number of carbonyl (C=O) groups is 2. The van der Waals surface area contributed by atoms with E-state index in [1.54, 1.807) is 13.3 Å². The van der Waals surface area contributed by atoms with Gasteiger partial charge in [0, 0.05) is 48.8 Å². The lowest BCUT2D eigenvalue weighted by Crippen LogP contribution is -2.49. The number of aromatic amines is 1. The van der Waals surface area contributed by atoms with Crippen molar-refractivity contribution >= 4 is 22.7 Å². The number of ether oxygens (including phenoxy) is 2. The lowest BCUT2D eigenvalue weighted by Gasteiger charge is -2.33. The number of methoxy groups -OCH3 is 2. The molecule has 25 heavy (non-hydrogen) atoms. The fourth-order valence-electron chi connectivity index (χ4n) is 3.10. The molecule has 1 fully saturated rings. The van der Waals surface area contributed by atoms with Gasteiger partial charge in [-0.3, -0.25) is 19.4 Å². The SMILES string of the molecule is COC(=O)CN1CCN(CC(=O)c2c[nH]c3ccc(OC)cc23)CC1. The van der Waals surface area contributed by atoms with Gasteiger partial charge in [0.1, 0.15) is 5.75 Å². The molecule has 1 aliphatic rings. The molecular weight excluding hydrogens is 322 g/mol. The van der Waals surface area contributed by atoms with Gasteiger partial charge in [0.25, 0.3) is 0 Å². The second kappa shape index (κ2) is 7.67. The van der Waals surface area contributed by atoms with E-state index in [-0.39, 0.29) is 11.8 Å². The molecule has 1 saturated heterocycles. The van der Waals surface area contributed by atoms with Crippen LogP contribution in [0, 0.1) is 0 Å². The summed E-state index contributed by atoms with van der Waals surface area (Å²) in [6, 6.07) is 5.66. The number of benzene rings is 1. The largest absolute Gasteiger partial charge is 0.497 e. The van der Waals surface area contributed by atoms with Gasteiger partial charge in [-0.15, -0.1) is 0 Å². The number of H-pyrrole nitrogens is 1. The van der Waals surface area contributed by atoms with Crippen molar-refractivity contribution in [1.82, 2.24) is 14.8 Å². The number of fused-ring (bicyclic) bond motifs is 1. The Kier molecular flexibility index (Phi) is 5.35. The van der Waals surface area contributed by atoms with Crippen molar-refractivity contribution in [1.29, 1.82) is 0 Å². The lowest BCUT2D eigenvalue weighted by atomic mass is 10.1. The number of piperazine rings is 1. The minimum atomic E-state index is -0.225. The first-order chi connectivity index (χ1) is 12.1. The normalized spacial score (nSPS) is 16.1. The summed E-state index contributed by atoms with van der Waals surface area (Å²) >= 11 is 0. The van der Waals surface area contributed by atoms with E-state index in [0.717, 1.165) is 42.8 Å². The maximum absolute atomic E-state index is 12.7. The van der Waals surface area contributed by atoms with Crippen LogP contribution in [0.4, 0.5) is 0 Å². The fourth-order valence-corrected chi connectivity index (χ4v) is 3.10. The van der Waals surface area contributed by atoms with Crippen molar-refractivity contribution in [3.63, 3.8) is 0 Å². The summed E-state index contributed by atoms with van der Waals surface area (Å²) in [5, 5.41) is 0.883. The quantitative estimate of drug-likeness (QED) is 0.625. The predicted octanol–water partition coefficient (Wildman–Crippen LogP) is 1.15. The molecule has 0 saturated carbocycles. The van der Waals surface area contributed by atoms with E-state index in [2.05, 4.69) is 9.88 Å². The maximum atomic E-state index is 12.7. The third-order valence-corrected chi connectivity index (χ3v) is 4.60. The molecule has 3 rings (SSSR count). The van der Waals surface area contributed by atoms with E-state index in [4.69, 9.17) is 9.47 Å². The zero-order chi connectivity index (χ0) is 17.8. The van der Waals surface area contributed by atoms with Crippen molar-refractivity contribution in [2.45, 2.75) is 0 Å². The van der Waals surface area contributed by atoms with Gasteiger partial charge < -0.3 is 14.5 Å². The van der Waals surface area contributed by atoms with E-state index in [0.29, 0.717) is 18.7 Å². The van der Waals surface area contributed by atoms with E-state index >= 15 is 0 Å². The Morgan fingerprint density at radius 2 is 1.76 bits per heavy atom. The first-order valence-electron chi connectivity index (χ1n) is 8.30. The van der Waals surface area contributed by atoms with Crippen molar-refractivity contribution in [2.75, 3.05) is 53.5 Å². The van der Waals surface area contributed by atoms with Gasteiger partial charge in [-0.2, -0.15) is 0 Å². The van der Waals surface area contributed by atoms with Gasteiger partial charge in [-0.1, -0.05) is 0 Å². The molecule has 7 nitrogen and oxygen atoms in total. The van der Waals surface area contributed by atoms with E-state index < -0.39 is 0 Å². The molecule has 0 unspecified atom stereocenters. The second-order valence-electron chi connectivity index (χ2n) is 6.17. The number of ketones is 1. The van der Waals surface area contributed by atoms with Crippen molar-refractivity contribution in [3.05, 3.63) is 30.0 Å². The number of hydrogen-bond donors (Lipinski definition) is 1. The molecule has 2 heterocycles. The highest BCUT2D eigenvalue weighted by atomic mass is 16.5. The van der Waals surface area contributed by atoms with Crippen LogP contribution < -0.4 is 4.74 Å². The summed E-state index contributed by atoms with van der Waals surface area (Å²) < 4.78 is 9.94. The average molecular weight is 345 g/mol. The van der Waals surface area contributed by atoms with Gasteiger partial charge in [-0.25, -0.2) is 0 Å². The Morgan fingerprint density at radius 1 is 1.08 bits per heavy atom. The molecule has 0 spiro atoms. The third kappa shape index (κ3) is 4.00. The highest BCUT2D eigenvalue weighted by molar-refractivity contribution is 6.09. The van der Waals surface area contributed by atoms with E-state index in [1.807, 2.05) is 23.1 Å². The summed E-state index contributed by atoms with van der Waals surface area (Å²) in [6.07, 6.45) is 1.76. The van der Waals surface area contributed by atoms with Crippen LogP contribution in [0.1, 0.15) is 10.4 Å². The van der Waals surface area contributed by atoms with Gasteiger partial charge in [0.15, 0.2) is 5.78 Å². The predicted molar refractivity (Wildman–Crippen MR) is 94.1 cm³/mol. The molecule has 0 aliphatic carbocycles. The molecule has 1 N–H and O–H groups in total. The number of Topliss-reactive ketones (excluding diaryl/α,β-unsaturated/α-hetero) is 1. The minimum Gasteiger partial charge on any atom is -0.497 e. The second-order valence-corrected chi connectivity index (χ2v) is 6.17. The van der Waals surface area contributed by atoms with E-state index in [9.17, 15) is 9.59 Å².